The quantitative estimate of drug-likeness (QED) is 0.589. The smallest absolute Gasteiger partial charge is 0.319 e. The summed E-state index contributed by atoms with van der Waals surface area (Å²) in [5.41, 5.74) is 2.81. The molecule has 0 unspecified atom stereocenters. The second-order valence-corrected chi connectivity index (χ2v) is 7.47. The third kappa shape index (κ3) is 5.80. The molecular weight excluding hydrogens is 358 g/mol. The molecule has 4 nitrogen and oxygen atoms in total. The maximum absolute atomic E-state index is 12.0. The molecule has 0 aliphatic carbocycles. The minimum atomic E-state index is -0.434. The molecule has 0 bridgehead atoms. The van der Waals surface area contributed by atoms with E-state index in [9.17, 15) is 9.59 Å². The van der Waals surface area contributed by atoms with Crippen molar-refractivity contribution >= 4 is 40.9 Å². The fourth-order valence-corrected chi connectivity index (χ4v) is 3.08. The lowest BCUT2D eigenvalue weighted by Gasteiger charge is -2.13. The van der Waals surface area contributed by atoms with Crippen molar-refractivity contribution in [2.45, 2.75) is 30.9 Å². The van der Waals surface area contributed by atoms with Gasteiger partial charge in [-0.1, -0.05) is 23.7 Å². The summed E-state index contributed by atoms with van der Waals surface area (Å²) in [6.07, 6.45) is 0. The van der Waals surface area contributed by atoms with Crippen molar-refractivity contribution in [3.8, 4) is 0 Å². The van der Waals surface area contributed by atoms with Crippen LogP contribution in [0.1, 0.15) is 18.1 Å². The standard InChI is InChI=1S/C19H20ClNO3S/c1-12-5-4-6-17(13(12)2)21-18(22)11-24-19(23)14(3)25-16-9-7-15(20)8-10-16/h4-10,14H,11H2,1-3H3,(H,21,22)/t14-/m1/s1. The Morgan fingerprint density at radius 1 is 1.16 bits per heavy atom. The van der Waals surface area contributed by atoms with Gasteiger partial charge in [0, 0.05) is 15.6 Å². The summed E-state index contributed by atoms with van der Waals surface area (Å²) in [4.78, 5) is 24.9. The lowest BCUT2D eigenvalue weighted by atomic mass is 10.1. The van der Waals surface area contributed by atoms with Crippen LogP contribution in [0.5, 0.6) is 0 Å². The summed E-state index contributed by atoms with van der Waals surface area (Å²) in [6.45, 7) is 5.34. The van der Waals surface area contributed by atoms with E-state index < -0.39 is 11.2 Å². The maximum atomic E-state index is 12.0. The summed E-state index contributed by atoms with van der Waals surface area (Å²) in [6, 6.07) is 12.9. The number of carbonyl (C=O) groups is 2. The Hall–Kier alpha value is -1.98. The van der Waals surface area contributed by atoms with E-state index in [1.165, 1.54) is 11.8 Å². The number of amides is 1. The number of carbonyl (C=O) groups excluding carboxylic acids is 2. The van der Waals surface area contributed by atoms with Crippen LogP contribution in [0.3, 0.4) is 0 Å². The highest BCUT2D eigenvalue weighted by Gasteiger charge is 2.17. The van der Waals surface area contributed by atoms with Crippen LogP contribution in [-0.2, 0) is 14.3 Å². The van der Waals surface area contributed by atoms with E-state index >= 15 is 0 Å². The van der Waals surface area contributed by atoms with Crippen LogP contribution in [0.25, 0.3) is 0 Å². The summed E-state index contributed by atoms with van der Waals surface area (Å²) < 4.78 is 5.11. The van der Waals surface area contributed by atoms with Gasteiger partial charge in [-0.2, -0.15) is 0 Å². The number of nitrogens with one attached hydrogen (secondary N) is 1. The number of thioether (sulfide) groups is 1. The Kier molecular flexibility index (Phi) is 6.91. The number of hydrogen-bond acceptors (Lipinski definition) is 4. The molecule has 0 spiro atoms. The van der Waals surface area contributed by atoms with Crippen molar-refractivity contribution in [2.24, 2.45) is 0 Å². The van der Waals surface area contributed by atoms with Crippen molar-refractivity contribution in [2.75, 3.05) is 11.9 Å². The Balaban J connectivity index is 1.83. The molecule has 1 N–H and O–H groups in total. The van der Waals surface area contributed by atoms with Gasteiger partial charge in [0.15, 0.2) is 6.61 Å². The predicted molar refractivity (Wildman–Crippen MR) is 102 cm³/mol. The van der Waals surface area contributed by atoms with Crippen molar-refractivity contribution in [1.29, 1.82) is 0 Å². The largest absolute Gasteiger partial charge is 0.455 e. The van der Waals surface area contributed by atoms with Crippen LogP contribution in [0.4, 0.5) is 5.69 Å². The molecule has 0 aromatic heterocycles. The first-order chi connectivity index (χ1) is 11.9. The number of benzene rings is 2. The molecule has 0 aliphatic heterocycles. The van der Waals surface area contributed by atoms with Gasteiger partial charge >= 0.3 is 5.97 Å². The average molecular weight is 378 g/mol. The molecule has 0 radical (unpaired) electrons. The molecule has 1 atom stereocenters. The summed E-state index contributed by atoms with van der Waals surface area (Å²) in [5.74, 6) is -0.790. The molecule has 2 rings (SSSR count). The molecule has 2 aromatic carbocycles. The first-order valence-corrected chi connectivity index (χ1v) is 9.07. The van der Waals surface area contributed by atoms with E-state index in [2.05, 4.69) is 5.32 Å². The number of anilines is 1. The molecule has 132 valence electrons. The number of esters is 1. The lowest BCUT2D eigenvalue weighted by Crippen LogP contribution is -2.25. The Labute approximate surface area is 156 Å². The van der Waals surface area contributed by atoms with Crippen LogP contribution in [0.15, 0.2) is 47.4 Å². The number of rotatable bonds is 6. The van der Waals surface area contributed by atoms with Crippen LogP contribution in [0.2, 0.25) is 5.02 Å². The fourth-order valence-electron chi connectivity index (χ4n) is 2.09. The number of aryl methyl sites for hydroxylation is 1. The first kappa shape index (κ1) is 19.3. The average Bonchev–Trinajstić information content (AvgIpc) is 2.59. The lowest BCUT2D eigenvalue weighted by molar-refractivity contribution is -0.146. The van der Waals surface area contributed by atoms with Gasteiger partial charge in [0.05, 0.1) is 0 Å². The predicted octanol–water partition coefficient (Wildman–Crippen LogP) is 4.62. The zero-order chi connectivity index (χ0) is 18.4. The van der Waals surface area contributed by atoms with Gasteiger partial charge in [-0.25, -0.2) is 0 Å². The van der Waals surface area contributed by atoms with Crippen molar-refractivity contribution in [1.82, 2.24) is 0 Å². The summed E-state index contributed by atoms with van der Waals surface area (Å²) in [5, 5.41) is 2.98. The highest BCUT2D eigenvalue weighted by Crippen LogP contribution is 2.25. The van der Waals surface area contributed by atoms with Crippen LogP contribution in [-0.4, -0.2) is 23.7 Å². The number of ether oxygens (including phenoxy) is 1. The summed E-state index contributed by atoms with van der Waals surface area (Å²) in [7, 11) is 0. The van der Waals surface area contributed by atoms with E-state index in [-0.39, 0.29) is 12.5 Å². The molecule has 6 heteroatoms. The monoisotopic (exact) mass is 377 g/mol. The minimum absolute atomic E-state index is 0.308. The first-order valence-electron chi connectivity index (χ1n) is 7.81. The highest BCUT2D eigenvalue weighted by molar-refractivity contribution is 8.00. The van der Waals surface area contributed by atoms with Crippen molar-refractivity contribution in [3.05, 3.63) is 58.6 Å². The molecule has 0 heterocycles. The van der Waals surface area contributed by atoms with Gasteiger partial charge in [-0.3, -0.25) is 9.59 Å². The van der Waals surface area contributed by atoms with E-state index in [0.29, 0.717) is 5.02 Å². The van der Waals surface area contributed by atoms with E-state index in [4.69, 9.17) is 16.3 Å². The van der Waals surface area contributed by atoms with Gasteiger partial charge in [-0.15, -0.1) is 11.8 Å². The SMILES string of the molecule is Cc1cccc(NC(=O)COC(=O)[C@@H](C)Sc2ccc(Cl)cc2)c1C. The van der Waals surface area contributed by atoms with Crippen LogP contribution >= 0.6 is 23.4 Å². The van der Waals surface area contributed by atoms with E-state index in [0.717, 1.165) is 21.7 Å². The summed E-state index contributed by atoms with van der Waals surface area (Å²) >= 11 is 7.19. The second kappa shape index (κ2) is 8.92. The fraction of sp³-hybridized carbons (Fsp3) is 0.263. The molecule has 0 fully saturated rings. The molecule has 0 aliphatic rings. The topological polar surface area (TPSA) is 55.4 Å². The van der Waals surface area contributed by atoms with Gasteiger partial charge in [0.25, 0.3) is 5.91 Å². The third-order valence-electron chi connectivity index (χ3n) is 3.68. The molecule has 1 amide bonds. The number of hydrogen-bond donors (Lipinski definition) is 1. The minimum Gasteiger partial charge on any atom is -0.455 e. The molecule has 2 aromatic rings. The van der Waals surface area contributed by atoms with Crippen LogP contribution in [0, 0.1) is 13.8 Å². The Morgan fingerprint density at radius 2 is 1.84 bits per heavy atom. The molecule has 0 saturated carbocycles. The van der Waals surface area contributed by atoms with E-state index in [1.54, 1.807) is 19.1 Å². The third-order valence-corrected chi connectivity index (χ3v) is 5.02. The van der Waals surface area contributed by atoms with Crippen molar-refractivity contribution < 1.29 is 14.3 Å². The zero-order valence-corrected chi connectivity index (χ0v) is 15.9. The maximum Gasteiger partial charge on any atom is 0.319 e. The molecule has 0 saturated heterocycles. The van der Waals surface area contributed by atoms with Crippen LogP contribution < -0.4 is 5.32 Å². The van der Waals surface area contributed by atoms with Crippen molar-refractivity contribution in [3.63, 3.8) is 0 Å². The Morgan fingerprint density at radius 3 is 2.52 bits per heavy atom. The highest BCUT2D eigenvalue weighted by atomic mass is 35.5. The second-order valence-electron chi connectivity index (χ2n) is 5.62. The number of halogens is 1. The van der Waals surface area contributed by atoms with Gasteiger partial charge in [0.1, 0.15) is 5.25 Å². The zero-order valence-electron chi connectivity index (χ0n) is 14.3. The van der Waals surface area contributed by atoms with Gasteiger partial charge in [-0.05, 0) is 62.2 Å². The van der Waals surface area contributed by atoms with Gasteiger partial charge < -0.3 is 10.1 Å². The molecular formula is C19H20ClNO3S. The normalized spacial score (nSPS) is 11.7. The van der Waals surface area contributed by atoms with E-state index in [1.807, 2.05) is 44.2 Å². The van der Waals surface area contributed by atoms with Gasteiger partial charge in [0.2, 0.25) is 0 Å². The Bertz CT molecular complexity index is 762. The molecule has 25 heavy (non-hydrogen) atoms.